The van der Waals surface area contributed by atoms with E-state index in [1.807, 2.05) is 72.5 Å². The summed E-state index contributed by atoms with van der Waals surface area (Å²) in [5.41, 5.74) is 6.09. The first-order chi connectivity index (χ1) is 13.7. The number of rotatable bonds is 5. The number of hydrogen-bond donors (Lipinski definition) is 0. The molecule has 3 heteroatoms. The number of carbonyl (C=O) groups is 1. The Bertz CT molecular complexity index is 1030. The van der Waals surface area contributed by atoms with Gasteiger partial charge in [0, 0.05) is 17.7 Å². The number of benzene rings is 3. The first-order valence-corrected chi connectivity index (χ1v) is 9.57. The smallest absolute Gasteiger partial charge is 0.258 e. The fraction of sp³-hybridized carbons (Fsp3) is 0.160. The van der Waals surface area contributed by atoms with E-state index >= 15 is 0 Å². The van der Waals surface area contributed by atoms with Gasteiger partial charge in [-0.25, -0.2) is 0 Å². The zero-order valence-corrected chi connectivity index (χ0v) is 16.2. The SMILES string of the molecule is CCN1C(=O)/C(=C\c2ccc(OCc3cccc(C)c3)cc2)c2ccccc21. The number of ether oxygens (including phenoxy) is 1. The lowest BCUT2D eigenvalue weighted by Gasteiger charge is -2.13. The molecule has 140 valence electrons. The van der Waals surface area contributed by atoms with Crippen LogP contribution in [0.5, 0.6) is 5.75 Å². The fourth-order valence-electron chi connectivity index (χ4n) is 3.56. The van der Waals surface area contributed by atoms with Crippen LogP contribution in [0.4, 0.5) is 5.69 Å². The van der Waals surface area contributed by atoms with Crippen molar-refractivity contribution < 1.29 is 9.53 Å². The minimum Gasteiger partial charge on any atom is -0.489 e. The summed E-state index contributed by atoms with van der Waals surface area (Å²) in [7, 11) is 0. The number of amides is 1. The van der Waals surface area contributed by atoms with Crippen molar-refractivity contribution in [3.63, 3.8) is 0 Å². The molecule has 0 aromatic heterocycles. The molecule has 0 spiro atoms. The molecule has 1 heterocycles. The lowest BCUT2D eigenvalue weighted by molar-refractivity contribution is -0.112. The number of fused-ring (bicyclic) bond motifs is 1. The van der Waals surface area contributed by atoms with Crippen molar-refractivity contribution in [1.82, 2.24) is 0 Å². The van der Waals surface area contributed by atoms with Crippen LogP contribution in [0.25, 0.3) is 11.6 Å². The van der Waals surface area contributed by atoms with Gasteiger partial charge in [-0.1, -0.05) is 60.2 Å². The van der Waals surface area contributed by atoms with Crippen molar-refractivity contribution in [2.24, 2.45) is 0 Å². The van der Waals surface area contributed by atoms with E-state index in [1.165, 1.54) is 5.56 Å². The van der Waals surface area contributed by atoms with Gasteiger partial charge in [-0.3, -0.25) is 4.79 Å². The number of hydrogen-bond acceptors (Lipinski definition) is 2. The van der Waals surface area contributed by atoms with Gasteiger partial charge in [0.15, 0.2) is 0 Å². The molecule has 0 aliphatic carbocycles. The monoisotopic (exact) mass is 369 g/mol. The lowest BCUT2D eigenvalue weighted by atomic mass is 10.0. The van der Waals surface area contributed by atoms with E-state index in [4.69, 9.17) is 4.74 Å². The van der Waals surface area contributed by atoms with E-state index in [0.29, 0.717) is 13.2 Å². The molecule has 4 rings (SSSR count). The van der Waals surface area contributed by atoms with Crippen LogP contribution < -0.4 is 9.64 Å². The maximum Gasteiger partial charge on any atom is 0.258 e. The number of carbonyl (C=O) groups excluding carboxylic acids is 1. The van der Waals surface area contributed by atoms with Crippen LogP contribution in [0.3, 0.4) is 0 Å². The molecule has 0 saturated heterocycles. The second-order valence-corrected chi connectivity index (χ2v) is 6.97. The molecule has 0 N–H and O–H groups in total. The normalized spacial score (nSPS) is 14.4. The highest BCUT2D eigenvalue weighted by molar-refractivity contribution is 6.35. The van der Waals surface area contributed by atoms with E-state index in [9.17, 15) is 4.79 Å². The van der Waals surface area contributed by atoms with Gasteiger partial charge in [0.05, 0.1) is 5.69 Å². The molecule has 3 aromatic rings. The van der Waals surface area contributed by atoms with Crippen LogP contribution in [-0.2, 0) is 11.4 Å². The maximum absolute atomic E-state index is 12.8. The van der Waals surface area contributed by atoms with E-state index in [1.54, 1.807) is 0 Å². The molecule has 0 radical (unpaired) electrons. The summed E-state index contributed by atoms with van der Waals surface area (Å²) in [4.78, 5) is 14.6. The van der Waals surface area contributed by atoms with Gasteiger partial charge in [-0.05, 0) is 49.2 Å². The Morgan fingerprint density at radius 2 is 1.75 bits per heavy atom. The average molecular weight is 369 g/mol. The van der Waals surface area contributed by atoms with E-state index in [-0.39, 0.29) is 5.91 Å². The minimum absolute atomic E-state index is 0.0588. The van der Waals surface area contributed by atoms with Crippen molar-refractivity contribution in [3.8, 4) is 5.75 Å². The van der Waals surface area contributed by atoms with Crippen molar-refractivity contribution in [3.05, 3.63) is 95.1 Å². The molecule has 1 aliphatic rings. The fourth-order valence-corrected chi connectivity index (χ4v) is 3.56. The van der Waals surface area contributed by atoms with Crippen molar-refractivity contribution in [2.75, 3.05) is 11.4 Å². The van der Waals surface area contributed by atoms with Crippen molar-refractivity contribution >= 4 is 23.2 Å². The number of para-hydroxylation sites is 1. The van der Waals surface area contributed by atoms with Crippen LogP contribution in [0.1, 0.15) is 29.2 Å². The summed E-state index contributed by atoms with van der Waals surface area (Å²) in [6.45, 7) is 5.28. The molecule has 3 nitrogen and oxygen atoms in total. The quantitative estimate of drug-likeness (QED) is 0.557. The van der Waals surface area contributed by atoms with E-state index in [0.717, 1.165) is 33.7 Å². The Balaban J connectivity index is 1.52. The molecule has 1 aliphatic heterocycles. The van der Waals surface area contributed by atoms with Gasteiger partial charge in [0.1, 0.15) is 12.4 Å². The largest absolute Gasteiger partial charge is 0.489 e. The van der Waals surface area contributed by atoms with Gasteiger partial charge in [0.2, 0.25) is 0 Å². The molecular formula is C25H23NO2. The molecule has 0 unspecified atom stereocenters. The summed E-state index contributed by atoms with van der Waals surface area (Å²) in [5, 5.41) is 0. The molecular weight excluding hydrogens is 346 g/mol. The molecule has 0 bridgehead atoms. The predicted octanol–water partition coefficient (Wildman–Crippen LogP) is 5.48. The number of nitrogens with zero attached hydrogens (tertiary/aromatic N) is 1. The Morgan fingerprint density at radius 3 is 2.50 bits per heavy atom. The van der Waals surface area contributed by atoms with Gasteiger partial charge in [-0.15, -0.1) is 0 Å². The number of aryl methyl sites for hydroxylation is 1. The molecule has 0 atom stereocenters. The molecule has 0 fully saturated rings. The third-order valence-corrected chi connectivity index (χ3v) is 4.96. The van der Waals surface area contributed by atoms with Crippen LogP contribution in [0.15, 0.2) is 72.8 Å². The Morgan fingerprint density at radius 1 is 0.964 bits per heavy atom. The Labute approximate surface area is 165 Å². The van der Waals surface area contributed by atoms with Crippen LogP contribution in [0.2, 0.25) is 0 Å². The molecule has 28 heavy (non-hydrogen) atoms. The highest BCUT2D eigenvalue weighted by atomic mass is 16.5. The standard InChI is InChI=1S/C25H23NO2/c1-3-26-24-10-5-4-9-22(24)23(25(26)27)16-19-11-13-21(14-12-19)28-17-20-8-6-7-18(2)15-20/h4-16H,3,17H2,1-2H3/b23-16-. The number of likely N-dealkylation sites (N-methyl/N-ethyl adjacent to an activating group) is 1. The molecule has 3 aromatic carbocycles. The van der Waals surface area contributed by atoms with Crippen molar-refractivity contribution in [1.29, 1.82) is 0 Å². The first kappa shape index (κ1) is 18.1. The van der Waals surface area contributed by atoms with Gasteiger partial charge < -0.3 is 9.64 Å². The molecule has 1 amide bonds. The average Bonchev–Trinajstić information content (AvgIpc) is 2.98. The van der Waals surface area contributed by atoms with E-state index < -0.39 is 0 Å². The third kappa shape index (κ3) is 3.56. The maximum atomic E-state index is 12.8. The Hall–Kier alpha value is -3.33. The van der Waals surface area contributed by atoms with Gasteiger partial charge in [0.25, 0.3) is 5.91 Å². The van der Waals surface area contributed by atoms with Crippen molar-refractivity contribution in [2.45, 2.75) is 20.5 Å². The lowest BCUT2D eigenvalue weighted by Crippen LogP contribution is -2.25. The summed E-state index contributed by atoms with van der Waals surface area (Å²) in [6.07, 6.45) is 1.96. The highest BCUT2D eigenvalue weighted by Crippen LogP contribution is 2.37. The topological polar surface area (TPSA) is 29.5 Å². The second kappa shape index (κ2) is 7.73. The summed E-state index contributed by atoms with van der Waals surface area (Å²) in [5.74, 6) is 0.875. The van der Waals surface area contributed by atoms with Gasteiger partial charge in [-0.2, -0.15) is 0 Å². The third-order valence-electron chi connectivity index (χ3n) is 4.96. The molecule has 0 saturated carbocycles. The van der Waals surface area contributed by atoms with Crippen LogP contribution in [-0.4, -0.2) is 12.5 Å². The Kier molecular flexibility index (Phi) is 4.98. The van der Waals surface area contributed by atoms with Crippen LogP contribution in [0, 0.1) is 6.92 Å². The predicted molar refractivity (Wildman–Crippen MR) is 114 cm³/mol. The second-order valence-electron chi connectivity index (χ2n) is 6.97. The highest BCUT2D eigenvalue weighted by Gasteiger charge is 2.30. The summed E-state index contributed by atoms with van der Waals surface area (Å²) >= 11 is 0. The van der Waals surface area contributed by atoms with Gasteiger partial charge >= 0.3 is 0 Å². The van der Waals surface area contributed by atoms with E-state index in [2.05, 4.69) is 25.1 Å². The summed E-state index contributed by atoms with van der Waals surface area (Å²) < 4.78 is 5.89. The first-order valence-electron chi connectivity index (χ1n) is 9.57. The van der Waals surface area contributed by atoms with Crippen LogP contribution >= 0.6 is 0 Å². The zero-order valence-electron chi connectivity index (χ0n) is 16.2. The number of anilines is 1. The summed E-state index contributed by atoms with van der Waals surface area (Å²) in [6, 6.07) is 24.1. The zero-order chi connectivity index (χ0) is 19.5. The minimum atomic E-state index is 0.0588.